The van der Waals surface area contributed by atoms with Crippen LogP contribution in [0.15, 0.2) is 12.1 Å². The Balaban J connectivity index is 1.96. The van der Waals surface area contributed by atoms with Crippen molar-refractivity contribution in [2.75, 3.05) is 6.54 Å². The fourth-order valence-electron chi connectivity index (χ4n) is 1.43. The molecule has 1 aliphatic heterocycles. The molecule has 3 nitrogen and oxygen atoms in total. The van der Waals surface area contributed by atoms with Crippen molar-refractivity contribution in [3.05, 3.63) is 21.9 Å². The largest absolute Gasteiger partial charge is 0.334 e. The van der Waals surface area contributed by atoms with Gasteiger partial charge in [0.25, 0.3) is 0 Å². The SMILES string of the molecule is Cc1ccc(CN2CC(N)C2=O)s1. The van der Waals surface area contributed by atoms with Gasteiger partial charge in [-0.25, -0.2) is 0 Å². The first-order valence-electron chi connectivity index (χ1n) is 4.26. The second kappa shape index (κ2) is 3.12. The minimum absolute atomic E-state index is 0.0750. The second-order valence-electron chi connectivity index (χ2n) is 3.34. The fourth-order valence-corrected chi connectivity index (χ4v) is 2.33. The summed E-state index contributed by atoms with van der Waals surface area (Å²) >= 11 is 1.73. The van der Waals surface area contributed by atoms with Crippen LogP contribution in [0.1, 0.15) is 9.75 Å². The zero-order valence-corrected chi connectivity index (χ0v) is 8.30. The quantitative estimate of drug-likeness (QED) is 0.709. The van der Waals surface area contributed by atoms with E-state index in [1.54, 1.807) is 16.2 Å². The number of β-lactam (4-membered cyclic amide) rings is 1. The van der Waals surface area contributed by atoms with Crippen LogP contribution in [-0.2, 0) is 11.3 Å². The second-order valence-corrected chi connectivity index (χ2v) is 4.71. The number of hydrogen-bond donors (Lipinski definition) is 1. The molecule has 0 saturated carbocycles. The van der Waals surface area contributed by atoms with E-state index in [2.05, 4.69) is 19.1 Å². The van der Waals surface area contributed by atoms with Crippen LogP contribution in [-0.4, -0.2) is 23.4 Å². The van der Waals surface area contributed by atoms with E-state index >= 15 is 0 Å². The lowest BCUT2D eigenvalue weighted by Gasteiger charge is -2.35. The summed E-state index contributed by atoms with van der Waals surface area (Å²) in [5.74, 6) is 0.0750. The number of hydrogen-bond acceptors (Lipinski definition) is 3. The van der Waals surface area contributed by atoms with Crippen molar-refractivity contribution in [3.8, 4) is 0 Å². The van der Waals surface area contributed by atoms with Crippen LogP contribution >= 0.6 is 11.3 Å². The van der Waals surface area contributed by atoms with Crippen molar-refractivity contribution in [1.82, 2.24) is 4.90 Å². The predicted molar refractivity (Wildman–Crippen MR) is 52.4 cm³/mol. The third kappa shape index (κ3) is 1.59. The van der Waals surface area contributed by atoms with E-state index in [-0.39, 0.29) is 11.9 Å². The topological polar surface area (TPSA) is 46.3 Å². The first-order chi connectivity index (χ1) is 6.16. The van der Waals surface area contributed by atoms with Crippen LogP contribution in [0.2, 0.25) is 0 Å². The van der Waals surface area contributed by atoms with Crippen molar-refractivity contribution in [2.45, 2.75) is 19.5 Å². The van der Waals surface area contributed by atoms with Crippen LogP contribution in [0.5, 0.6) is 0 Å². The van der Waals surface area contributed by atoms with Crippen molar-refractivity contribution in [1.29, 1.82) is 0 Å². The van der Waals surface area contributed by atoms with Gasteiger partial charge < -0.3 is 10.6 Å². The van der Waals surface area contributed by atoms with E-state index in [0.717, 1.165) is 6.54 Å². The van der Waals surface area contributed by atoms with Crippen LogP contribution < -0.4 is 5.73 Å². The summed E-state index contributed by atoms with van der Waals surface area (Å²) in [7, 11) is 0. The molecule has 1 amide bonds. The van der Waals surface area contributed by atoms with Crippen molar-refractivity contribution in [3.63, 3.8) is 0 Å². The van der Waals surface area contributed by atoms with Crippen molar-refractivity contribution in [2.24, 2.45) is 5.73 Å². The number of rotatable bonds is 2. The van der Waals surface area contributed by atoms with Crippen LogP contribution in [0.3, 0.4) is 0 Å². The van der Waals surface area contributed by atoms with Crippen LogP contribution in [0.4, 0.5) is 0 Å². The maximum atomic E-state index is 11.2. The predicted octanol–water partition coefficient (Wildman–Crippen LogP) is 0.726. The molecule has 1 atom stereocenters. The minimum Gasteiger partial charge on any atom is -0.334 e. The van der Waals surface area contributed by atoms with E-state index < -0.39 is 0 Å². The van der Waals surface area contributed by atoms with Gasteiger partial charge in [0.2, 0.25) is 5.91 Å². The first-order valence-corrected chi connectivity index (χ1v) is 5.08. The van der Waals surface area contributed by atoms with Crippen LogP contribution in [0, 0.1) is 6.92 Å². The van der Waals surface area contributed by atoms with E-state index in [1.807, 2.05) is 0 Å². The fraction of sp³-hybridized carbons (Fsp3) is 0.444. The van der Waals surface area contributed by atoms with Gasteiger partial charge in [-0.1, -0.05) is 0 Å². The van der Waals surface area contributed by atoms with Crippen LogP contribution in [0.25, 0.3) is 0 Å². The lowest BCUT2D eigenvalue weighted by molar-refractivity contribution is -0.143. The Labute approximate surface area is 81.2 Å². The van der Waals surface area contributed by atoms with Gasteiger partial charge in [0.15, 0.2) is 0 Å². The standard InChI is InChI=1S/C9H12N2OS/c1-6-2-3-7(13-6)4-11-5-8(10)9(11)12/h2-3,8H,4-5,10H2,1H3. The summed E-state index contributed by atoms with van der Waals surface area (Å²) in [5.41, 5.74) is 5.48. The molecule has 70 valence electrons. The van der Waals surface area contributed by atoms with Crippen molar-refractivity contribution >= 4 is 17.2 Å². The highest BCUT2D eigenvalue weighted by atomic mass is 32.1. The summed E-state index contributed by atoms with van der Waals surface area (Å²) in [6.45, 7) is 3.50. The molecular weight excluding hydrogens is 184 g/mol. The molecule has 4 heteroatoms. The number of amides is 1. The zero-order valence-electron chi connectivity index (χ0n) is 7.49. The monoisotopic (exact) mass is 196 g/mol. The lowest BCUT2D eigenvalue weighted by Crippen LogP contribution is -2.60. The summed E-state index contributed by atoms with van der Waals surface area (Å²) < 4.78 is 0. The van der Waals surface area contributed by atoms with Gasteiger partial charge in [-0.05, 0) is 19.1 Å². The molecule has 1 fully saturated rings. The molecule has 0 radical (unpaired) electrons. The number of thiophene rings is 1. The van der Waals surface area contributed by atoms with Gasteiger partial charge in [-0.15, -0.1) is 11.3 Å². The molecule has 0 bridgehead atoms. The van der Waals surface area contributed by atoms with Gasteiger partial charge in [-0.2, -0.15) is 0 Å². The van der Waals surface area contributed by atoms with Gasteiger partial charge in [0.05, 0.1) is 6.54 Å². The normalized spacial score (nSPS) is 21.8. The highest BCUT2D eigenvalue weighted by Gasteiger charge is 2.33. The maximum absolute atomic E-state index is 11.2. The Morgan fingerprint density at radius 1 is 1.69 bits per heavy atom. The average Bonchev–Trinajstić information content (AvgIpc) is 2.50. The Hall–Kier alpha value is -0.870. The molecule has 2 heterocycles. The minimum atomic E-state index is -0.249. The molecule has 1 aliphatic rings. The Bertz CT molecular complexity index is 334. The first kappa shape index (κ1) is 8.72. The summed E-state index contributed by atoms with van der Waals surface area (Å²) in [6, 6.07) is 3.89. The molecule has 1 aromatic rings. The molecular formula is C9H12N2OS. The molecule has 2 rings (SSSR count). The number of carbonyl (C=O) groups is 1. The third-order valence-electron chi connectivity index (χ3n) is 2.19. The number of nitrogens with two attached hydrogens (primary N) is 1. The number of aryl methyl sites for hydroxylation is 1. The Morgan fingerprint density at radius 3 is 2.92 bits per heavy atom. The van der Waals surface area contributed by atoms with Gasteiger partial charge >= 0.3 is 0 Å². The van der Waals surface area contributed by atoms with E-state index in [4.69, 9.17) is 5.73 Å². The summed E-state index contributed by atoms with van der Waals surface area (Å²) in [6.07, 6.45) is 0. The van der Waals surface area contributed by atoms with E-state index in [9.17, 15) is 4.79 Å². The molecule has 1 saturated heterocycles. The molecule has 0 aliphatic carbocycles. The molecule has 0 spiro atoms. The molecule has 1 unspecified atom stereocenters. The smallest absolute Gasteiger partial charge is 0.241 e. The Kier molecular flexibility index (Phi) is 2.09. The van der Waals surface area contributed by atoms with Gasteiger partial charge in [0.1, 0.15) is 6.04 Å². The molecule has 13 heavy (non-hydrogen) atoms. The van der Waals surface area contributed by atoms with Crippen molar-refractivity contribution < 1.29 is 4.79 Å². The highest BCUT2D eigenvalue weighted by Crippen LogP contribution is 2.20. The number of nitrogens with zero attached hydrogens (tertiary/aromatic N) is 1. The lowest BCUT2D eigenvalue weighted by atomic mass is 10.1. The van der Waals surface area contributed by atoms with Gasteiger partial charge in [-0.3, -0.25) is 4.79 Å². The number of likely N-dealkylation sites (tertiary alicyclic amines) is 1. The summed E-state index contributed by atoms with van der Waals surface area (Å²) in [4.78, 5) is 15.5. The van der Waals surface area contributed by atoms with E-state index in [1.165, 1.54) is 9.75 Å². The highest BCUT2D eigenvalue weighted by molar-refractivity contribution is 7.11. The average molecular weight is 196 g/mol. The maximum Gasteiger partial charge on any atom is 0.241 e. The molecule has 2 N–H and O–H groups in total. The Morgan fingerprint density at radius 2 is 2.46 bits per heavy atom. The third-order valence-corrected chi connectivity index (χ3v) is 3.17. The molecule has 1 aromatic heterocycles. The van der Waals surface area contributed by atoms with Gasteiger partial charge in [0, 0.05) is 16.3 Å². The summed E-state index contributed by atoms with van der Waals surface area (Å²) in [5, 5.41) is 0. The zero-order chi connectivity index (χ0) is 9.42. The molecule has 0 aromatic carbocycles. The van der Waals surface area contributed by atoms with E-state index in [0.29, 0.717) is 6.54 Å². The number of carbonyl (C=O) groups excluding carboxylic acids is 1.